The van der Waals surface area contributed by atoms with Crippen LogP contribution in [-0.2, 0) is 14.3 Å². The molecule has 1 aliphatic heterocycles. The maximum atomic E-state index is 11.1. The van der Waals surface area contributed by atoms with Gasteiger partial charge in [0.1, 0.15) is 0 Å². The highest BCUT2D eigenvalue weighted by Crippen LogP contribution is 2.52. The summed E-state index contributed by atoms with van der Waals surface area (Å²) in [7, 11) is 0. The molecule has 1 aliphatic rings. The van der Waals surface area contributed by atoms with Gasteiger partial charge in [-0.15, -0.1) is 11.6 Å². The van der Waals surface area contributed by atoms with Crippen molar-refractivity contribution in [3.8, 4) is 0 Å². The number of hydrogen-bond donors (Lipinski definition) is 0. The van der Waals surface area contributed by atoms with Gasteiger partial charge >= 0.3 is 5.97 Å². The van der Waals surface area contributed by atoms with Crippen LogP contribution in [0.5, 0.6) is 0 Å². The van der Waals surface area contributed by atoms with E-state index in [-0.39, 0.29) is 6.10 Å². The summed E-state index contributed by atoms with van der Waals surface area (Å²) in [6.07, 6.45) is -1.36. The Morgan fingerprint density at radius 1 is 1.35 bits per heavy atom. The summed E-state index contributed by atoms with van der Waals surface area (Å²) in [6, 6.07) is 9.47. The summed E-state index contributed by atoms with van der Waals surface area (Å²) >= 11 is 19.2. The molecule has 0 spiro atoms. The Labute approximate surface area is 133 Å². The van der Waals surface area contributed by atoms with E-state index in [2.05, 4.69) is 0 Å². The predicted molar refractivity (Wildman–Crippen MR) is 79.1 cm³/mol. The topological polar surface area (TPSA) is 35.5 Å². The van der Waals surface area contributed by atoms with Gasteiger partial charge in [0.05, 0.1) is 11.5 Å². The molecule has 4 atom stereocenters. The van der Waals surface area contributed by atoms with Crippen LogP contribution in [0.15, 0.2) is 30.3 Å². The molecule has 1 saturated heterocycles. The smallest absolute Gasteiger partial charge is 0.305 e. The summed E-state index contributed by atoms with van der Waals surface area (Å²) < 4.78 is 9.19. The number of rotatable bonds is 3. The number of esters is 1. The fourth-order valence-electron chi connectivity index (χ4n) is 2.37. The highest BCUT2D eigenvalue weighted by Gasteiger charge is 2.58. The predicted octanol–water partition coefficient (Wildman–Crippen LogP) is 4.06. The normalized spacial score (nSPS) is 29.9. The SMILES string of the molecule is CC(=O)OC1OC(C)C(C(Cl)c2ccccc2)C1(Cl)Cl. The van der Waals surface area contributed by atoms with Crippen LogP contribution in [0.25, 0.3) is 0 Å². The molecule has 4 unspecified atom stereocenters. The van der Waals surface area contributed by atoms with E-state index in [1.807, 2.05) is 37.3 Å². The van der Waals surface area contributed by atoms with Crippen molar-refractivity contribution in [2.24, 2.45) is 5.92 Å². The number of benzene rings is 1. The first-order chi connectivity index (χ1) is 9.34. The van der Waals surface area contributed by atoms with Crippen LogP contribution in [-0.4, -0.2) is 22.7 Å². The largest absolute Gasteiger partial charge is 0.433 e. The third-order valence-corrected chi connectivity index (χ3v) is 4.69. The summed E-state index contributed by atoms with van der Waals surface area (Å²) in [5, 5.41) is -0.443. The van der Waals surface area contributed by atoms with Gasteiger partial charge in [-0.05, 0) is 12.5 Å². The standard InChI is InChI=1S/C14H15Cl3O3/c1-8-11(12(15)10-6-4-3-5-7-10)14(16,17)13(19-8)20-9(2)18/h3-8,11-13H,1-2H3. The molecular weight excluding hydrogens is 323 g/mol. The first kappa shape index (κ1) is 15.9. The zero-order valence-corrected chi connectivity index (χ0v) is 13.3. The molecule has 6 heteroatoms. The summed E-state index contributed by atoms with van der Waals surface area (Å²) in [5.74, 6) is -0.904. The van der Waals surface area contributed by atoms with E-state index in [9.17, 15) is 4.79 Å². The molecule has 3 nitrogen and oxygen atoms in total. The minimum atomic E-state index is -1.40. The molecule has 0 aromatic heterocycles. The third-order valence-electron chi connectivity index (χ3n) is 3.31. The van der Waals surface area contributed by atoms with E-state index in [0.717, 1.165) is 5.56 Å². The van der Waals surface area contributed by atoms with E-state index in [4.69, 9.17) is 44.3 Å². The van der Waals surface area contributed by atoms with Gasteiger partial charge in [-0.2, -0.15) is 0 Å². The van der Waals surface area contributed by atoms with Crippen LogP contribution in [0.1, 0.15) is 24.8 Å². The molecule has 110 valence electrons. The fraction of sp³-hybridized carbons (Fsp3) is 0.500. The minimum Gasteiger partial charge on any atom is -0.433 e. The van der Waals surface area contributed by atoms with Crippen LogP contribution in [0.2, 0.25) is 0 Å². The molecule has 1 fully saturated rings. The van der Waals surface area contributed by atoms with Gasteiger partial charge in [-0.3, -0.25) is 4.79 Å². The van der Waals surface area contributed by atoms with Gasteiger partial charge in [-0.25, -0.2) is 0 Å². The van der Waals surface area contributed by atoms with E-state index in [0.29, 0.717) is 0 Å². The lowest BCUT2D eigenvalue weighted by atomic mass is 9.92. The zero-order chi connectivity index (χ0) is 14.9. The van der Waals surface area contributed by atoms with Crippen LogP contribution >= 0.6 is 34.8 Å². The number of halogens is 3. The van der Waals surface area contributed by atoms with Crippen LogP contribution in [0.3, 0.4) is 0 Å². The van der Waals surface area contributed by atoms with E-state index in [1.165, 1.54) is 6.92 Å². The zero-order valence-electron chi connectivity index (χ0n) is 11.1. The van der Waals surface area contributed by atoms with Crippen molar-refractivity contribution in [3.63, 3.8) is 0 Å². The average molecular weight is 338 g/mol. The Balaban J connectivity index is 2.25. The summed E-state index contributed by atoms with van der Waals surface area (Å²) in [6.45, 7) is 3.09. The minimum absolute atomic E-state index is 0.336. The molecule has 0 aliphatic carbocycles. The van der Waals surface area contributed by atoms with Crippen molar-refractivity contribution >= 4 is 40.8 Å². The second-order valence-corrected chi connectivity index (χ2v) is 6.71. The Morgan fingerprint density at radius 3 is 2.50 bits per heavy atom. The lowest BCUT2D eigenvalue weighted by molar-refractivity contribution is -0.172. The van der Waals surface area contributed by atoms with Crippen molar-refractivity contribution in [3.05, 3.63) is 35.9 Å². The quantitative estimate of drug-likeness (QED) is 0.616. The molecule has 0 bridgehead atoms. The first-order valence-electron chi connectivity index (χ1n) is 6.23. The molecule has 2 rings (SSSR count). The third kappa shape index (κ3) is 3.06. The summed E-state index contributed by atoms with van der Waals surface area (Å²) in [4.78, 5) is 11.1. The molecule has 0 N–H and O–H groups in total. The summed E-state index contributed by atoms with van der Waals surface area (Å²) in [5.41, 5.74) is 0.892. The lowest BCUT2D eigenvalue weighted by Gasteiger charge is -2.29. The Morgan fingerprint density at radius 2 is 1.95 bits per heavy atom. The molecule has 0 saturated carbocycles. The highest BCUT2D eigenvalue weighted by atomic mass is 35.5. The number of carbonyl (C=O) groups is 1. The lowest BCUT2D eigenvalue weighted by Crippen LogP contribution is -2.37. The molecule has 20 heavy (non-hydrogen) atoms. The molecular formula is C14H15Cl3O3. The van der Waals surface area contributed by atoms with Crippen molar-refractivity contribution in [1.82, 2.24) is 0 Å². The number of carbonyl (C=O) groups excluding carboxylic acids is 1. The second-order valence-electron chi connectivity index (χ2n) is 4.80. The van der Waals surface area contributed by atoms with E-state index >= 15 is 0 Å². The van der Waals surface area contributed by atoms with Crippen LogP contribution in [0.4, 0.5) is 0 Å². The van der Waals surface area contributed by atoms with Gasteiger partial charge < -0.3 is 9.47 Å². The first-order valence-corrected chi connectivity index (χ1v) is 7.42. The van der Waals surface area contributed by atoms with E-state index < -0.39 is 27.9 Å². The van der Waals surface area contributed by atoms with Crippen LogP contribution in [0, 0.1) is 5.92 Å². The van der Waals surface area contributed by atoms with Crippen molar-refractivity contribution < 1.29 is 14.3 Å². The van der Waals surface area contributed by atoms with Gasteiger partial charge in [0.2, 0.25) is 6.29 Å². The number of ether oxygens (including phenoxy) is 2. The average Bonchev–Trinajstić information content (AvgIpc) is 2.59. The van der Waals surface area contributed by atoms with Crippen molar-refractivity contribution in [1.29, 1.82) is 0 Å². The van der Waals surface area contributed by atoms with Gasteiger partial charge in [-0.1, -0.05) is 53.5 Å². The number of alkyl halides is 3. The van der Waals surface area contributed by atoms with Crippen LogP contribution < -0.4 is 0 Å². The van der Waals surface area contributed by atoms with Gasteiger partial charge in [0.25, 0.3) is 0 Å². The van der Waals surface area contributed by atoms with Crippen molar-refractivity contribution in [2.45, 2.75) is 36.0 Å². The fourth-order valence-corrected chi connectivity index (χ4v) is 3.85. The van der Waals surface area contributed by atoms with E-state index in [1.54, 1.807) is 0 Å². The Bertz CT molecular complexity index is 478. The van der Waals surface area contributed by atoms with Gasteiger partial charge in [0, 0.05) is 12.8 Å². The molecule has 1 heterocycles. The van der Waals surface area contributed by atoms with Crippen molar-refractivity contribution in [2.75, 3.05) is 0 Å². The Kier molecular flexibility index (Phi) is 4.85. The Hall–Kier alpha value is -0.480. The molecule has 1 aromatic rings. The molecule has 0 amide bonds. The highest BCUT2D eigenvalue weighted by molar-refractivity contribution is 6.49. The monoisotopic (exact) mass is 336 g/mol. The number of hydrogen-bond acceptors (Lipinski definition) is 3. The molecule has 1 aromatic carbocycles. The second kappa shape index (κ2) is 6.10. The maximum absolute atomic E-state index is 11.1. The molecule has 0 radical (unpaired) electrons. The maximum Gasteiger partial charge on any atom is 0.305 e. The van der Waals surface area contributed by atoms with Gasteiger partial charge in [0.15, 0.2) is 4.33 Å².